The molecule has 0 bridgehead atoms. The van der Waals surface area contributed by atoms with Crippen molar-refractivity contribution in [2.24, 2.45) is 0 Å². The van der Waals surface area contributed by atoms with Crippen molar-refractivity contribution in [1.82, 2.24) is 0 Å². The summed E-state index contributed by atoms with van der Waals surface area (Å²) in [5.74, 6) is 0. The average molecular weight is 190 g/mol. The van der Waals surface area contributed by atoms with Crippen molar-refractivity contribution in [3.05, 3.63) is 53.5 Å². The quantitative estimate of drug-likeness (QED) is 0.687. The minimum absolute atomic E-state index is 1.26. The Hall–Kier alpha value is -0.950. The monoisotopic (exact) mass is 190 g/mol. The Morgan fingerprint density at radius 3 is 2.38 bits per heavy atom. The predicted octanol–water partition coefficient (Wildman–Crippen LogP) is 4.23. The van der Waals surface area contributed by atoms with E-state index in [0.29, 0.717) is 0 Å². The van der Waals surface area contributed by atoms with Crippen molar-refractivity contribution in [1.29, 1.82) is 0 Å². The standard InChI is InChI=1S/C12H14S/c1-4-12(13-5-2)11-8-6-10(3)7-9-11/h4-9H,2H2,1,3H3/b12-4-. The van der Waals surface area contributed by atoms with Crippen LogP contribution in [0.25, 0.3) is 4.91 Å². The average Bonchev–Trinajstić information content (AvgIpc) is 2.16. The van der Waals surface area contributed by atoms with Crippen molar-refractivity contribution >= 4 is 16.7 Å². The Kier molecular flexibility index (Phi) is 3.84. The van der Waals surface area contributed by atoms with E-state index in [1.165, 1.54) is 16.0 Å². The van der Waals surface area contributed by atoms with Crippen LogP contribution in [-0.2, 0) is 0 Å². The number of allylic oxidation sites excluding steroid dienone is 1. The van der Waals surface area contributed by atoms with E-state index >= 15 is 0 Å². The molecule has 0 amide bonds. The van der Waals surface area contributed by atoms with Crippen LogP contribution in [0.4, 0.5) is 0 Å². The van der Waals surface area contributed by atoms with Gasteiger partial charge in [-0.05, 0) is 24.8 Å². The molecule has 0 unspecified atom stereocenters. The van der Waals surface area contributed by atoms with Gasteiger partial charge in [0.15, 0.2) is 0 Å². The van der Waals surface area contributed by atoms with Crippen molar-refractivity contribution in [2.45, 2.75) is 13.8 Å². The van der Waals surface area contributed by atoms with Gasteiger partial charge in [0, 0.05) is 4.91 Å². The van der Waals surface area contributed by atoms with Crippen molar-refractivity contribution < 1.29 is 0 Å². The molecule has 0 aromatic heterocycles. The maximum absolute atomic E-state index is 3.71. The lowest BCUT2D eigenvalue weighted by molar-refractivity contribution is 1.46. The molecular formula is C12H14S. The molecule has 0 heterocycles. The highest BCUT2D eigenvalue weighted by Crippen LogP contribution is 2.27. The van der Waals surface area contributed by atoms with Crippen LogP contribution in [0.3, 0.4) is 0 Å². The third kappa shape index (κ3) is 2.78. The first-order chi connectivity index (χ1) is 6.27. The smallest absolute Gasteiger partial charge is 0.0145 e. The van der Waals surface area contributed by atoms with E-state index in [-0.39, 0.29) is 0 Å². The van der Waals surface area contributed by atoms with Crippen LogP contribution in [0.15, 0.2) is 42.3 Å². The number of hydrogen-bond donors (Lipinski definition) is 0. The maximum Gasteiger partial charge on any atom is 0.0145 e. The van der Waals surface area contributed by atoms with Gasteiger partial charge >= 0.3 is 0 Å². The molecule has 13 heavy (non-hydrogen) atoms. The minimum Gasteiger partial charge on any atom is -0.0984 e. The largest absolute Gasteiger partial charge is 0.0984 e. The Morgan fingerprint density at radius 1 is 1.31 bits per heavy atom. The van der Waals surface area contributed by atoms with Gasteiger partial charge in [0.2, 0.25) is 0 Å². The van der Waals surface area contributed by atoms with E-state index in [4.69, 9.17) is 0 Å². The van der Waals surface area contributed by atoms with E-state index < -0.39 is 0 Å². The van der Waals surface area contributed by atoms with Gasteiger partial charge in [-0.25, -0.2) is 0 Å². The van der Waals surface area contributed by atoms with Crippen LogP contribution in [0.5, 0.6) is 0 Å². The van der Waals surface area contributed by atoms with Crippen LogP contribution in [-0.4, -0.2) is 0 Å². The number of thioether (sulfide) groups is 1. The number of rotatable bonds is 3. The number of aryl methyl sites for hydroxylation is 1. The fourth-order valence-corrected chi connectivity index (χ4v) is 1.70. The number of benzene rings is 1. The lowest BCUT2D eigenvalue weighted by atomic mass is 10.1. The summed E-state index contributed by atoms with van der Waals surface area (Å²) in [6, 6.07) is 8.54. The highest BCUT2D eigenvalue weighted by molar-refractivity contribution is 8.10. The van der Waals surface area contributed by atoms with E-state index in [0.717, 1.165) is 0 Å². The van der Waals surface area contributed by atoms with Crippen molar-refractivity contribution in [2.75, 3.05) is 0 Å². The SMILES string of the molecule is C=CS/C(=C\C)c1ccc(C)cc1. The second-order valence-electron chi connectivity index (χ2n) is 2.80. The molecule has 0 nitrogen and oxygen atoms in total. The summed E-state index contributed by atoms with van der Waals surface area (Å²) in [6.07, 6.45) is 2.11. The van der Waals surface area contributed by atoms with Crippen molar-refractivity contribution in [3.8, 4) is 0 Å². The summed E-state index contributed by atoms with van der Waals surface area (Å²) in [5, 5.41) is 1.86. The number of hydrogen-bond acceptors (Lipinski definition) is 1. The van der Waals surface area contributed by atoms with Gasteiger partial charge in [-0.15, -0.1) is 0 Å². The summed E-state index contributed by atoms with van der Waals surface area (Å²) in [6.45, 7) is 7.86. The Labute approximate surface area is 84.4 Å². The molecule has 0 spiro atoms. The topological polar surface area (TPSA) is 0 Å². The van der Waals surface area contributed by atoms with Gasteiger partial charge in [0.1, 0.15) is 0 Å². The zero-order valence-corrected chi connectivity index (χ0v) is 8.90. The second kappa shape index (κ2) is 4.93. The summed E-state index contributed by atoms with van der Waals surface area (Å²) in [5.41, 5.74) is 2.56. The molecule has 0 saturated heterocycles. The normalized spacial score (nSPS) is 11.4. The van der Waals surface area contributed by atoms with E-state index in [1.807, 2.05) is 12.3 Å². The molecule has 1 aromatic rings. The lowest BCUT2D eigenvalue weighted by Crippen LogP contribution is -1.78. The van der Waals surface area contributed by atoms with Crippen molar-refractivity contribution in [3.63, 3.8) is 0 Å². The molecule has 0 aliphatic heterocycles. The fraction of sp³-hybridized carbons (Fsp3) is 0.167. The Bertz CT molecular complexity index is 306. The third-order valence-electron chi connectivity index (χ3n) is 1.81. The lowest BCUT2D eigenvalue weighted by Gasteiger charge is -2.03. The molecule has 0 fully saturated rings. The minimum atomic E-state index is 1.26. The first-order valence-electron chi connectivity index (χ1n) is 4.29. The highest BCUT2D eigenvalue weighted by atomic mass is 32.2. The van der Waals surface area contributed by atoms with Gasteiger partial charge in [-0.2, -0.15) is 0 Å². The Balaban J connectivity index is 2.92. The summed E-state index contributed by atoms with van der Waals surface area (Å²) in [7, 11) is 0. The highest BCUT2D eigenvalue weighted by Gasteiger charge is 1.97. The third-order valence-corrected chi connectivity index (χ3v) is 2.70. The van der Waals surface area contributed by atoms with Gasteiger partial charge in [0.25, 0.3) is 0 Å². The molecule has 0 saturated carbocycles. The molecule has 0 aliphatic carbocycles. The zero-order valence-electron chi connectivity index (χ0n) is 8.08. The van der Waals surface area contributed by atoms with Crippen LogP contribution in [0.2, 0.25) is 0 Å². The summed E-state index contributed by atoms with van der Waals surface area (Å²) in [4.78, 5) is 1.26. The predicted molar refractivity (Wildman–Crippen MR) is 62.6 cm³/mol. The molecule has 0 radical (unpaired) electrons. The second-order valence-corrected chi connectivity index (χ2v) is 3.81. The first kappa shape index (κ1) is 10.1. The van der Waals surface area contributed by atoms with Crippen LogP contribution in [0.1, 0.15) is 18.1 Å². The molecule has 68 valence electrons. The summed E-state index contributed by atoms with van der Waals surface area (Å²) >= 11 is 1.66. The maximum atomic E-state index is 3.71. The van der Waals surface area contributed by atoms with Crippen LogP contribution in [0, 0.1) is 6.92 Å². The van der Waals surface area contributed by atoms with Crippen LogP contribution < -0.4 is 0 Å². The fourth-order valence-electron chi connectivity index (χ4n) is 1.11. The van der Waals surface area contributed by atoms with Crippen LogP contribution >= 0.6 is 11.8 Å². The van der Waals surface area contributed by atoms with Gasteiger partial charge in [-0.3, -0.25) is 0 Å². The molecule has 1 aromatic carbocycles. The molecule has 0 atom stereocenters. The van der Waals surface area contributed by atoms with Gasteiger partial charge in [0.05, 0.1) is 0 Å². The van der Waals surface area contributed by atoms with E-state index in [1.54, 1.807) is 11.8 Å². The molecule has 1 rings (SSSR count). The molecule has 1 heteroatoms. The van der Waals surface area contributed by atoms with E-state index in [9.17, 15) is 0 Å². The molecular weight excluding hydrogens is 176 g/mol. The first-order valence-corrected chi connectivity index (χ1v) is 5.17. The zero-order chi connectivity index (χ0) is 9.68. The van der Waals surface area contributed by atoms with Gasteiger partial charge in [-0.1, -0.05) is 54.2 Å². The van der Waals surface area contributed by atoms with E-state index in [2.05, 4.69) is 43.8 Å². The Morgan fingerprint density at radius 2 is 1.92 bits per heavy atom. The summed E-state index contributed by atoms with van der Waals surface area (Å²) < 4.78 is 0. The van der Waals surface area contributed by atoms with Gasteiger partial charge < -0.3 is 0 Å². The molecule has 0 aliphatic rings. The molecule has 0 N–H and O–H groups in total.